The molecule has 1 aromatic heterocycles. The molecular weight excluding hydrogens is 561 g/mol. The monoisotopic (exact) mass is 593 g/mol. The third kappa shape index (κ3) is 5.50. The van der Waals surface area contributed by atoms with Crippen LogP contribution in [-0.4, -0.2) is 20.8 Å². The number of allylic oxidation sites excluding steroid dienone is 6. The Bertz CT molecular complexity index is 1780. The number of hydrogen-bond donors (Lipinski definition) is 0. The average molecular weight is 594 g/mol. The second-order valence-corrected chi connectivity index (χ2v) is 11.8. The highest BCUT2D eigenvalue weighted by Crippen LogP contribution is 2.47. The number of fused-ring (bicyclic) bond motifs is 2. The van der Waals surface area contributed by atoms with E-state index in [2.05, 4.69) is 84.0 Å². The molecule has 4 aromatic rings. The second kappa shape index (κ2) is 12.3. The third-order valence-corrected chi connectivity index (χ3v) is 9.48. The molecule has 0 atom stereocenters. The van der Waals surface area contributed by atoms with Crippen molar-refractivity contribution in [2.24, 2.45) is 0 Å². The Morgan fingerprint density at radius 2 is 1.62 bits per heavy atom. The summed E-state index contributed by atoms with van der Waals surface area (Å²) in [6, 6.07) is 22.5. The highest BCUT2D eigenvalue weighted by atomic mass is 32.2. The first-order valence-electron chi connectivity index (χ1n) is 14.0. The van der Waals surface area contributed by atoms with Crippen LogP contribution in [0, 0.1) is 0 Å². The minimum Gasteiger partial charge on any atom is -0.497 e. The van der Waals surface area contributed by atoms with E-state index in [-0.39, 0.29) is 0 Å². The van der Waals surface area contributed by atoms with Gasteiger partial charge in [-0.1, -0.05) is 53.4 Å². The zero-order valence-corrected chi connectivity index (χ0v) is 25.8. The number of nitrogens with zero attached hydrogens (tertiary/aromatic N) is 2. The summed E-state index contributed by atoms with van der Waals surface area (Å²) in [5.74, 6) is 3.39. The van der Waals surface area contributed by atoms with Gasteiger partial charge in [-0.3, -0.25) is 0 Å². The molecule has 0 saturated carbocycles. The Labute approximate surface area is 255 Å². The SMILES string of the molecule is CCN1/C(=C/C=C2\C=CC(/C=C/c3sc4cc(OC)ccc4[n+]3CC)=C2Oc2ccccc2)Sc2cc(OC)ccc21. The van der Waals surface area contributed by atoms with E-state index in [9.17, 15) is 0 Å². The van der Waals surface area contributed by atoms with Crippen molar-refractivity contribution < 1.29 is 18.8 Å². The van der Waals surface area contributed by atoms with Crippen molar-refractivity contribution in [3.8, 4) is 17.2 Å². The largest absolute Gasteiger partial charge is 0.497 e. The third-order valence-electron chi connectivity index (χ3n) is 7.25. The lowest BCUT2D eigenvalue weighted by atomic mass is 10.2. The molecule has 212 valence electrons. The number of thiazole rings is 1. The fraction of sp³-hybridized carbons (Fsp3) is 0.171. The molecule has 5 nitrogen and oxygen atoms in total. The van der Waals surface area contributed by atoms with Crippen molar-refractivity contribution in [3.63, 3.8) is 0 Å². The van der Waals surface area contributed by atoms with Gasteiger partial charge in [-0.15, -0.1) is 0 Å². The second-order valence-electron chi connectivity index (χ2n) is 9.69. The highest BCUT2D eigenvalue weighted by Gasteiger charge is 2.25. The number of anilines is 1. The minimum atomic E-state index is 0.808. The van der Waals surface area contributed by atoms with E-state index in [4.69, 9.17) is 14.2 Å². The van der Waals surface area contributed by atoms with Gasteiger partial charge in [0.2, 0.25) is 5.52 Å². The van der Waals surface area contributed by atoms with Gasteiger partial charge >= 0.3 is 0 Å². The van der Waals surface area contributed by atoms with Gasteiger partial charge in [0.25, 0.3) is 5.01 Å². The number of hydrogen-bond acceptors (Lipinski definition) is 6. The molecule has 0 N–H and O–H groups in total. The first kappa shape index (κ1) is 27.9. The van der Waals surface area contributed by atoms with E-state index in [0.29, 0.717) is 0 Å². The number of para-hydroxylation sites is 1. The molecule has 0 spiro atoms. The molecule has 0 amide bonds. The van der Waals surface area contributed by atoms with Gasteiger partial charge in [-0.25, -0.2) is 0 Å². The van der Waals surface area contributed by atoms with Gasteiger partial charge < -0.3 is 19.1 Å². The van der Waals surface area contributed by atoms with Crippen molar-refractivity contribution in [3.05, 3.63) is 124 Å². The lowest BCUT2D eigenvalue weighted by Crippen LogP contribution is -2.33. The van der Waals surface area contributed by atoms with Crippen LogP contribution in [0.1, 0.15) is 18.9 Å². The van der Waals surface area contributed by atoms with Gasteiger partial charge in [0.1, 0.15) is 34.3 Å². The van der Waals surface area contributed by atoms with Crippen LogP contribution in [0.15, 0.2) is 124 Å². The summed E-state index contributed by atoms with van der Waals surface area (Å²) in [4.78, 5) is 3.53. The molecule has 42 heavy (non-hydrogen) atoms. The van der Waals surface area contributed by atoms with E-state index in [1.54, 1.807) is 37.3 Å². The molecule has 3 aromatic carbocycles. The Morgan fingerprint density at radius 3 is 2.38 bits per heavy atom. The van der Waals surface area contributed by atoms with E-state index in [0.717, 1.165) is 47.2 Å². The summed E-state index contributed by atoms with van der Waals surface area (Å²) in [5, 5.41) is 2.35. The number of thioether (sulfide) groups is 1. The highest BCUT2D eigenvalue weighted by molar-refractivity contribution is 8.03. The zero-order chi connectivity index (χ0) is 29.1. The predicted molar refractivity (Wildman–Crippen MR) is 175 cm³/mol. The van der Waals surface area contributed by atoms with Crippen molar-refractivity contribution in [1.29, 1.82) is 0 Å². The predicted octanol–water partition coefficient (Wildman–Crippen LogP) is 8.54. The molecule has 6 rings (SSSR count). The quantitative estimate of drug-likeness (QED) is 0.182. The number of aromatic nitrogens is 1. The Balaban J connectivity index is 1.35. The molecule has 7 heteroatoms. The van der Waals surface area contributed by atoms with Crippen molar-refractivity contribution in [1.82, 2.24) is 0 Å². The first-order chi connectivity index (χ1) is 20.6. The van der Waals surface area contributed by atoms with Gasteiger partial charge in [0, 0.05) is 40.8 Å². The van der Waals surface area contributed by atoms with Gasteiger partial charge in [0.15, 0.2) is 0 Å². The summed E-state index contributed by atoms with van der Waals surface area (Å²) in [6.45, 7) is 6.12. The maximum atomic E-state index is 6.51. The summed E-state index contributed by atoms with van der Waals surface area (Å²) in [6.07, 6.45) is 12.9. The van der Waals surface area contributed by atoms with Crippen LogP contribution in [0.5, 0.6) is 17.2 Å². The van der Waals surface area contributed by atoms with Crippen LogP contribution >= 0.6 is 23.1 Å². The smallest absolute Gasteiger partial charge is 0.262 e. The lowest BCUT2D eigenvalue weighted by Gasteiger charge is -2.17. The van der Waals surface area contributed by atoms with Gasteiger partial charge in [0.05, 0.1) is 24.9 Å². The summed E-state index contributed by atoms with van der Waals surface area (Å²) >= 11 is 3.52. The maximum absolute atomic E-state index is 6.51. The van der Waals surface area contributed by atoms with E-state index >= 15 is 0 Å². The summed E-state index contributed by atoms with van der Waals surface area (Å²) < 4.78 is 21.0. The van der Waals surface area contributed by atoms with Crippen LogP contribution in [0.25, 0.3) is 16.3 Å². The molecular formula is C35H33N2O3S2+. The summed E-state index contributed by atoms with van der Waals surface area (Å²) in [7, 11) is 3.41. The zero-order valence-electron chi connectivity index (χ0n) is 24.2. The molecule has 0 fully saturated rings. The molecule has 1 aliphatic carbocycles. The van der Waals surface area contributed by atoms with E-state index < -0.39 is 0 Å². The van der Waals surface area contributed by atoms with Crippen LogP contribution < -0.4 is 23.7 Å². The molecule has 2 heterocycles. The lowest BCUT2D eigenvalue weighted by molar-refractivity contribution is -0.665. The van der Waals surface area contributed by atoms with Gasteiger partial charge in [-0.2, -0.15) is 4.57 Å². The number of rotatable bonds is 9. The number of ether oxygens (including phenoxy) is 3. The Hall–Kier alpha value is -4.20. The molecule has 0 saturated heterocycles. The minimum absolute atomic E-state index is 0.808. The van der Waals surface area contributed by atoms with Crippen molar-refractivity contribution in [2.45, 2.75) is 25.3 Å². The first-order valence-corrected chi connectivity index (χ1v) is 15.6. The average Bonchev–Trinajstić information content (AvgIpc) is 3.70. The maximum Gasteiger partial charge on any atom is 0.262 e. The fourth-order valence-corrected chi connectivity index (χ4v) is 7.45. The Morgan fingerprint density at radius 1 is 0.833 bits per heavy atom. The standard InChI is InChI=1S/C35H33N2O3S2/c1-5-36-29-18-16-27(38-3)22-31(29)41-33(36)20-14-24-12-13-25(35(24)40-26-10-8-7-9-11-26)15-21-34-37(6-2)30-19-17-28(39-4)23-32(30)42-34/h7-23H,5-6H2,1-4H3/q+1. The van der Waals surface area contributed by atoms with Gasteiger partial charge in [-0.05, 0) is 68.5 Å². The van der Waals surface area contributed by atoms with Crippen LogP contribution in [-0.2, 0) is 6.54 Å². The van der Waals surface area contributed by atoms with Crippen LogP contribution in [0.2, 0.25) is 0 Å². The van der Waals surface area contributed by atoms with Crippen molar-refractivity contribution >= 4 is 45.1 Å². The van der Waals surface area contributed by atoms with Crippen LogP contribution in [0.3, 0.4) is 0 Å². The molecule has 0 radical (unpaired) electrons. The fourth-order valence-electron chi connectivity index (χ4n) is 5.13. The van der Waals surface area contributed by atoms with E-state index in [1.807, 2.05) is 42.5 Å². The topological polar surface area (TPSA) is 34.8 Å². The normalized spacial score (nSPS) is 16.4. The van der Waals surface area contributed by atoms with E-state index in [1.165, 1.54) is 30.8 Å². The molecule has 1 aliphatic heterocycles. The Kier molecular flexibility index (Phi) is 8.22. The number of benzene rings is 3. The number of methoxy groups -OCH3 is 2. The van der Waals surface area contributed by atoms with Crippen molar-refractivity contribution in [2.75, 3.05) is 25.7 Å². The summed E-state index contributed by atoms with van der Waals surface area (Å²) in [5.41, 5.74) is 4.47. The molecule has 0 unspecified atom stereocenters. The number of aryl methyl sites for hydroxylation is 1. The molecule has 2 aliphatic rings. The molecule has 0 bridgehead atoms. The van der Waals surface area contributed by atoms with Crippen LogP contribution in [0.4, 0.5) is 5.69 Å².